The molecule has 4 heteroatoms. The van der Waals surface area contributed by atoms with E-state index < -0.39 is 10.9 Å². The number of hydrogen-bond acceptors (Lipinski definition) is 4. The van der Waals surface area contributed by atoms with Crippen LogP contribution in [0.3, 0.4) is 0 Å². The quantitative estimate of drug-likeness (QED) is 0.515. The van der Waals surface area contributed by atoms with Crippen molar-refractivity contribution in [3.05, 3.63) is 20.4 Å². The molecular formula is C9H14N2O2. The van der Waals surface area contributed by atoms with E-state index in [-0.39, 0.29) is 0 Å². The Labute approximate surface area is 76.7 Å². The summed E-state index contributed by atoms with van der Waals surface area (Å²) in [4.78, 5) is 21.9. The fourth-order valence-corrected chi connectivity index (χ4v) is 1.19. The van der Waals surface area contributed by atoms with Crippen molar-refractivity contribution >= 4 is 11.4 Å². The van der Waals surface area contributed by atoms with Crippen molar-refractivity contribution in [2.45, 2.75) is 19.8 Å². The molecule has 0 heterocycles. The average molecular weight is 182 g/mol. The molecule has 1 aromatic rings. The van der Waals surface area contributed by atoms with Crippen LogP contribution in [-0.2, 0) is 0 Å². The van der Waals surface area contributed by atoms with Crippen LogP contribution in [0.1, 0.15) is 19.8 Å². The second-order valence-electron chi connectivity index (χ2n) is 2.94. The normalized spacial score (nSPS) is 10.3. The fraction of sp³-hybridized carbons (Fsp3) is 0.556. The minimum atomic E-state index is -0.415. The summed E-state index contributed by atoms with van der Waals surface area (Å²) in [7, 11) is 1.64. The molecule has 0 amide bonds. The molecule has 2 N–H and O–H groups in total. The van der Waals surface area contributed by atoms with Crippen LogP contribution < -0.4 is 21.5 Å². The third-order valence-electron chi connectivity index (χ3n) is 1.99. The SMILES string of the molecule is CCCCNc1c(NC)c(=O)c1=O. The van der Waals surface area contributed by atoms with Gasteiger partial charge in [0.25, 0.3) is 10.9 Å². The van der Waals surface area contributed by atoms with Gasteiger partial charge in [-0.05, 0) is 6.42 Å². The molecule has 1 aromatic carbocycles. The van der Waals surface area contributed by atoms with E-state index in [0.717, 1.165) is 19.4 Å². The molecule has 0 radical (unpaired) electrons. The Morgan fingerprint density at radius 3 is 2.31 bits per heavy atom. The zero-order valence-corrected chi connectivity index (χ0v) is 7.94. The zero-order valence-electron chi connectivity index (χ0n) is 7.94. The molecule has 0 unspecified atom stereocenters. The first-order valence-corrected chi connectivity index (χ1v) is 4.47. The van der Waals surface area contributed by atoms with Crippen molar-refractivity contribution in [1.29, 1.82) is 0 Å². The predicted molar refractivity (Wildman–Crippen MR) is 54.3 cm³/mol. The monoisotopic (exact) mass is 182 g/mol. The molecule has 1 rings (SSSR count). The van der Waals surface area contributed by atoms with Crippen molar-refractivity contribution in [2.75, 3.05) is 24.2 Å². The number of nitrogens with one attached hydrogen (secondary N) is 2. The molecule has 0 atom stereocenters. The van der Waals surface area contributed by atoms with Gasteiger partial charge in [0.2, 0.25) is 0 Å². The third-order valence-corrected chi connectivity index (χ3v) is 1.99. The highest BCUT2D eigenvalue weighted by atomic mass is 16.2. The van der Waals surface area contributed by atoms with Crippen LogP contribution in [0.4, 0.5) is 11.4 Å². The van der Waals surface area contributed by atoms with Crippen LogP contribution in [0.5, 0.6) is 0 Å². The van der Waals surface area contributed by atoms with Crippen LogP contribution in [0.15, 0.2) is 9.59 Å². The van der Waals surface area contributed by atoms with Gasteiger partial charge in [-0.3, -0.25) is 9.59 Å². The van der Waals surface area contributed by atoms with Gasteiger partial charge in [0, 0.05) is 13.6 Å². The van der Waals surface area contributed by atoms with E-state index >= 15 is 0 Å². The lowest BCUT2D eigenvalue weighted by Gasteiger charge is -2.11. The van der Waals surface area contributed by atoms with Gasteiger partial charge in [-0.25, -0.2) is 0 Å². The Morgan fingerprint density at radius 2 is 1.77 bits per heavy atom. The van der Waals surface area contributed by atoms with Crippen LogP contribution in [0.2, 0.25) is 0 Å². The van der Waals surface area contributed by atoms with Gasteiger partial charge in [-0.2, -0.15) is 0 Å². The Kier molecular flexibility index (Phi) is 3.06. The lowest BCUT2D eigenvalue weighted by atomic mass is 10.2. The fourth-order valence-electron chi connectivity index (χ4n) is 1.19. The lowest BCUT2D eigenvalue weighted by Crippen LogP contribution is -2.36. The minimum Gasteiger partial charge on any atom is -0.383 e. The molecule has 0 fully saturated rings. The molecule has 0 spiro atoms. The standard InChI is InChI=1S/C9H14N2O2/c1-3-4-5-11-7-6(10-2)8(12)9(7)13/h10-11H,3-5H2,1-2H3. The Balaban J connectivity index is 2.62. The number of hydrogen-bond donors (Lipinski definition) is 2. The van der Waals surface area contributed by atoms with Crippen LogP contribution in [0.25, 0.3) is 0 Å². The second kappa shape index (κ2) is 4.07. The Bertz CT molecular complexity index is 350. The maximum absolute atomic E-state index is 11.0. The summed E-state index contributed by atoms with van der Waals surface area (Å²) in [5.41, 5.74) is 0.0454. The second-order valence-corrected chi connectivity index (χ2v) is 2.94. The predicted octanol–water partition coefficient (Wildman–Crippen LogP) is 0.536. The molecule has 0 aromatic heterocycles. The number of rotatable bonds is 5. The van der Waals surface area contributed by atoms with Crippen molar-refractivity contribution < 1.29 is 0 Å². The maximum atomic E-state index is 11.0. The van der Waals surface area contributed by atoms with Crippen LogP contribution >= 0.6 is 0 Å². The summed E-state index contributed by atoms with van der Waals surface area (Å²) in [5.74, 6) is 0. The van der Waals surface area contributed by atoms with Gasteiger partial charge >= 0.3 is 0 Å². The first kappa shape index (κ1) is 9.77. The molecule has 0 saturated carbocycles. The third kappa shape index (κ3) is 1.71. The van der Waals surface area contributed by atoms with E-state index in [2.05, 4.69) is 17.6 Å². The minimum absolute atomic E-state index is 0.402. The number of unbranched alkanes of at least 4 members (excludes halogenated alkanes) is 1. The Hall–Kier alpha value is -1.32. The summed E-state index contributed by atoms with van der Waals surface area (Å²) in [6.07, 6.45) is 2.07. The highest BCUT2D eigenvalue weighted by molar-refractivity contribution is 5.73. The topological polar surface area (TPSA) is 58.2 Å². The molecule has 0 aliphatic rings. The number of anilines is 2. The van der Waals surface area contributed by atoms with Crippen molar-refractivity contribution in [3.8, 4) is 0 Å². The van der Waals surface area contributed by atoms with Gasteiger partial charge in [0.1, 0.15) is 11.4 Å². The van der Waals surface area contributed by atoms with Gasteiger partial charge in [0.05, 0.1) is 0 Å². The molecule has 13 heavy (non-hydrogen) atoms. The van der Waals surface area contributed by atoms with E-state index in [4.69, 9.17) is 0 Å². The molecule has 0 aliphatic carbocycles. The summed E-state index contributed by atoms with van der Waals surface area (Å²) in [5, 5.41) is 5.65. The summed E-state index contributed by atoms with van der Waals surface area (Å²) >= 11 is 0. The molecule has 72 valence electrons. The maximum Gasteiger partial charge on any atom is 0.253 e. The largest absolute Gasteiger partial charge is 0.383 e. The smallest absolute Gasteiger partial charge is 0.253 e. The first-order chi connectivity index (χ1) is 6.22. The van der Waals surface area contributed by atoms with E-state index in [1.165, 1.54) is 0 Å². The zero-order chi connectivity index (χ0) is 9.84. The van der Waals surface area contributed by atoms with E-state index in [1.54, 1.807) is 7.05 Å². The molecule has 0 bridgehead atoms. The van der Waals surface area contributed by atoms with Crippen LogP contribution in [-0.4, -0.2) is 13.6 Å². The van der Waals surface area contributed by atoms with Gasteiger partial charge in [-0.1, -0.05) is 13.3 Å². The molecular weight excluding hydrogens is 168 g/mol. The van der Waals surface area contributed by atoms with Gasteiger partial charge in [-0.15, -0.1) is 0 Å². The summed E-state index contributed by atoms with van der Waals surface area (Å²) in [6.45, 7) is 2.82. The molecule has 4 nitrogen and oxygen atoms in total. The van der Waals surface area contributed by atoms with Gasteiger partial charge in [0.15, 0.2) is 0 Å². The van der Waals surface area contributed by atoms with Crippen molar-refractivity contribution in [1.82, 2.24) is 0 Å². The van der Waals surface area contributed by atoms with E-state index in [1.807, 2.05) is 0 Å². The summed E-state index contributed by atoms with van der Waals surface area (Å²) < 4.78 is 0. The lowest BCUT2D eigenvalue weighted by molar-refractivity contribution is 0.833. The van der Waals surface area contributed by atoms with Crippen molar-refractivity contribution in [3.63, 3.8) is 0 Å². The first-order valence-electron chi connectivity index (χ1n) is 4.47. The highest BCUT2D eigenvalue weighted by Gasteiger charge is 2.18. The average Bonchev–Trinajstić information content (AvgIpc) is 2.16. The van der Waals surface area contributed by atoms with Gasteiger partial charge < -0.3 is 10.6 Å². The highest BCUT2D eigenvalue weighted by Crippen LogP contribution is 2.12. The van der Waals surface area contributed by atoms with Crippen molar-refractivity contribution in [2.24, 2.45) is 0 Å². The Morgan fingerprint density at radius 1 is 1.15 bits per heavy atom. The van der Waals surface area contributed by atoms with E-state index in [0.29, 0.717) is 11.4 Å². The summed E-state index contributed by atoms with van der Waals surface area (Å²) in [6, 6.07) is 0. The molecule has 0 aliphatic heterocycles. The van der Waals surface area contributed by atoms with E-state index in [9.17, 15) is 9.59 Å². The van der Waals surface area contributed by atoms with Crippen LogP contribution in [0, 0.1) is 0 Å². The molecule has 0 saturated heterocycles.